The van der Waals surface area contributed by atoms with Crippen molar-refractivity contribution < 1.29 is 13.5 Å². The standard InChI is InChI=1S/C14H17N3O3S2/c1-16(2)22(19,20)11-9-17-8-7-15-14(17)13-6-5-12(21-13)4-3-10-18/h5-8,18H,9-11H2,1-2H3. The Morgan fingerprint density at radius 3 is 2.86 bits per heavy atom. The first-order valence-corrected chi connectivity index (χ1v) is 8.98. The maximum Gasteiger partial charge on any atom is 0.215 e. The van der Waals surface area contributed by atoms with E-state index < -0.39 is 10.0 Å². The zero-order valence-electron chi connectivity index (χ0n) is 12.4. The van der Waals surface area contributed by atoms with Gasteiger partial charge in [-0.3, -0.25) is 0 Å². The van der Waals surface area contributed by atoms with Gasteiger partial charge in [0.1, 0.15) is 12.4 Å². The van der Waals surface area contributed by atoms with Crippen LogP contribution in [-0.4, -0.2) is 53.8 Å². The molecule has 0 aliphatic rings. The van der Waals surface area contributed by atoms with Crippen LogP contribution in [0.15, 0.2) is 24.5 Å². The lowest BCUT2D eigenvalue weighted by atomic mass is 10.4. The Balaban J connectivity index is 2.18. The predicted octanol–water partition coefficient (Wildman–Crippen LogP) is 0.847. The van der Waals surface area contributed by atoms with Crippen LogP contribution in [0.2, 0.25) is 0 Å². The largest absolute Gasteiger partial charge is 0.384 e. The Kier molecular flexibility index (Phi) is 5.37. The molecule has 2 heterocycles. The molecule has 0 aliphatic carbocycles. The first kappa shape index (κ1) is 16.7. The van der Waals surface area contributed by atoms with Crippen LogP contribution in [0, 0.1) is 11.8 Å². The van der Waals surface area contributed by atoms with Crippen molar-refractivity contribution in [3.8, 4) is 22.5 Å². The number of hydrogen-bond acceptors (Lipinski definition) is 5. The van der Waals surface area contributed by atoms with E-state index >= 15 is 0 Å². The van der Waals surface area contributed by atoms with Crippen molar-refractivity contribution >= 4 is 21.4 Å². The van der Waals surface area contributed by atoms with E-state index in [0.717, 1.165) is 15.6 Å². The lowest BCUT2D eigenvalue weighted by molar-refractivity contribution is 0.350. The van der Waals surface area contributed by atoms with Crippen LogP contribution in [0.4, 0.5) is 0 Å². The van der Waals surface area contributed by atoms with E-state index in [1.165, 1.54) is 29.7 Å². The molecule has 0 bridgehead atoms. The smallest absolute Gasteiger partial charge is 0.215 e. The van der Waals surface area contributed by atoms with Crippen molar-refractivity contribution in [1.82, 2.24) is 13.9 Å². The number of aliphatic hydroxyl groups is 1. The van der Waals surface area contributed by atoms with E-state index in [2.05, 4.69) is 16.8 Å². The number of aromatic nitrogens is 2. The molecular formula is C14H17N3O3S2. The van der Waals surface area contributed by atoms with Crippen LogP contribution in [-0.2, 0) is 16.6 Å². The van der Waals surface area contributed by atoms with Crippen molar-refractivity contribution in [2.45, 2.75) is 6.54 Å². The average Bonchev–Trinajstić information content (AvgIpc) is 3.11. The van der Waals surface area contributed by atoms with Crippen molar-refractivity contribution in [3.63, 3.8) is 0 Å². The lowest BCUT2D eigenvalue weighted by Crippen LogP contribution is -2.27. The minimum atomic E-state index is -3.24. The van der Waals surface area contributed by atoms with Gasteiger partial charge in [-0.2, -0.15) is 0 Å². The topological polar surface area (TPSA) is 75.4 Å². The Bertz CT molecular complexity index is 795. The quantitative estimate of drug-likeness (QED) is 0.820. The zero-order chi connectivity index (χ0) is 16.2. The summed E-state index contributed by atoms with van der Waals surface area (Å²) in [5.41, 5.74) is 0. The van der Waals surface area contributed by atoms with Gasteiger partial charge in [0, 0.05) is 33.0 Å². The highest BCUT2D eigenvalue weighted by Crippen LogP contribution is 2.26. The van der Waals surface area contributed by atoms with Crippen LogP contribution >= 0.6 is 11.3 Å². The molecule has 0 spiro atoms. The van der Waals surface area contributed by atoms with Crippen LogP contribution < -0.4 is 0 Å². The first-order valence-electron chi connectivity index (χ1n) is 6.55. The van der Waals surface area contributed by atoms with Crippen LogP contribution in [0.1, 0.15) is 4.88 Å². The summed E-state index contributed by atoms with van der Waals surface area (Å²) >= 11 is 1.46. The molecule has 6 nitrogen and oxygen atoms in total. The average molecular weight is 339 g/mol. The molecule has 0 aromatic carbocycles. The Hall–Kier alpha value is -1.66. The second-order valence-corrected chi connectivity index (χ2v) is 8.05. The van der Waals surface area contributed by atoms with Gasteiger partial charge in [0.15, 0.2) is 0 Å². The summed E-state index contributed by atoms with van der Waals surface area (Å²) in [5, 5.41) is 8.71. The number of rotatable bonds is 5. The van der Waals surface area contributed by atoms with E-state index in [-0.39, 0.29) is 12.4 Å². The molecular weight excluding hydrogens is 322 g/mol. The Morgan fingerprint density at radius 1 is 1.41 bits per heavy atom. The number of nitrogens with zero attached hydrogens (tertiary/aromatic N) is 3. The van der Waals surface area contributed by atoms with E-state index in [1.54, 1.807) is 12.4 Å². The molecule has 118 valence electrons. The fourth-order valence-electron chi connectivity index (χ4n) is 1.76. The molecule has 22 heavy (non-hydrogen) atoms. The number of aliphatic hydroxyl groups excluding tert-OH is 1. The number of aryl methyl sites for hydroxylation is 1. The van der Waals surface area contributed by atoms with Crippen LogP contribution in [0.3, 0.4) is 0 Å². The van der Waals surface area contributed by atoms with Crippen LogP contribution in [0.25, 0.3) is 10.7 Å². The summed E-state index contributed by atoms with van der Waals surface area (Å²) in [7, 11) is -0.195. The molecule has 0 fully saturated rings. The maximum atomic E-state index is 11.8. The highest BCUT2D eigenvalue weighted by atomic mass is 32.2. The van der Waals surface area contributed by atoms with Crippen molar-refractivity contribution in [3.05, 3.63) is 29.4 Å². The third-order valence-electron chi connectivity index (χ3n) is 2.98. The molecule has 0 aliphatic heterocycles. The predicted molar refractivity (Wildman–Crippen MR) is 87.0 cm³/mol. The summed E-state index contributed by atoms with van der Waals surface area (Å²) in [6, 6.07) is 3.75. The number of thiophene rings is 1. The number of hydrogen-bond donors (Lipinski definition) is 1. The minimum absolute atomic E-state index is 0.0198. The molecule has 0 amide bonds. The van der Waals surface area contributed by atoms with Crippen LogP contribution in [0.5, 0.6) is 0 Å². The molecule has 0 unspecified atom stereocenters. The third-order valence-corrected chi connectivity index (χ3v) is 5.79. The van der Waals surface area contributed by atoms with Gasteiger partial charge in [-0.05, 0) is 12.1 Å². The summed E-state index contributed by atoms with van der Waals surface area (Å²) in [6.45, 7) is 0.162. The van der Waals surface area contributed by atoms with E-state index in [1.807, 2.05) is 16.7 Å². The molecule has 1 N–H and O–H groups in total. The fourth-order valence-corrected chi connectivity index (χ4v) is 3.45. The Labute approximate surface area is 134 Å². The summed E-state index contributed by atoms with van der Waals surface area (Å²) in [4.78, 5) is 6.04. The second-order valence-electron chi connectivity index (χ2n) is 4.67. The minimum Gasteiger partial charge on any atom is -0.384 e. The summed E-state index contributed by atoms with van der Waals surface area (Å²) in [5.74, 6) is 6.18. The second kappa shape index (κ2) is 7.07. The van der Waals surface area contributed by atoms with Gasteiger partial charge in [-0.15, -0.1) is 11.3 Å². The first-order chi connectivity index (χ1) is 10.4. The molecule has 2 rings (SSSR count). The fraction of sp³-hybridized carbons (Fsp3) is 0.357. The van der Waals surface area contributed by atoms with Gasteiger partial charge in [0.05, 0.1) is 15.5 Å². The van der Waals surface area contributed by atoms with E-state index in [0.29, 0.717) is 6.54 Å². The molecule has 2 aromatic heterocycles. The normalized spacial score (nSPS) is 11.5. The monoisotopic (exact) mass is 339 g/mol. The molecule has 0 saturated carbocycles. The molecule has 0 saturated heterocycles. The molecule has 8 heteroatoms. The van der Waals surface area contributed by atoms with Gasteiger partial charge in [-0.1, -0.05) is 11.8 Å². The molecule has 2 aromatic rings. The van der Waals surface area contributed by atoms with Gasteiger partial charge in [0.25, 0.3) is 0 Å². The van der Waals surface area contributed by atoms with Gasteiger partial charge in [0.2, 0.25) is 10.0 Å². The SMILES string of the molecule is CN(C)S(=O)(=O)CCn1ccnc1-c1ccc(C#CCO)s1. The highest BCUT2D eigenvalue weighted by molar-refractivity contribution is 7.89. The summed E-state index contributed by atoms with van der Waals surface area (Å²) < 4.78 is 26.7. The van der Waals surface area contributed by atoms with Gasteiger partial charge >= 0.3 is 0 Å². The zero-order valence-corrected chi connectivity index (χ0v) is 14.0. The van der Waals surface area contributed by atoms with E-state index in [4.69, 9.17) is 5.11 Å². The van der Waals surface area contributed by atoms with E-state index in [9.17, 15) is 8.42 Å². The lowest BCUT2D eigenvalue weighted by Gasteiger charge is -2.12. The number of imidazole rings is 1. The molecule has 0 atom stereocenters. The van der Waals surface area contributed by atoms with Crippen molar-refractivity contribution in [2.24, 2.45) is 0 Å². The van der Waals surface area contributed by atoms with Gasteiger partial charge < -0.3 is 9.67 Å². The van der Waals surface area contributed by atoms with Crippen molar-refractivity contribution in [2.75, 3.05) is 26.5 Å². The third kappa shape index (κ3) is 3.96. The maximum absolute atomic E-state index is 11.8. The molecule has 0 radical (unpaired) electrons. The highest BCUT2D eigenvalue weighted by Gasteiger charge is 2.15. The van der Waals surface area contributed by atoms with Gasteiger partial charge in [-0.25, -0.2) is 17.7 Å². The number of sulfonamides is 1. The van der Waals surface area contributed by atoms with Crippen molar-refractivity contribution in [1.29, 1.82) is 0 Å². The summed E-state index contributed by atoms with van der Waals surface area (Å²) in [6.07, 6.45) is 3.41. The Morgan fingerprint density at radius 2 is 2.18 bits per heavy atom.